The number of hydrogen-bond acceptors (Lipinski definition) is 5. The largest absolute Gasteiger partial charge is 0.493 e. The lowest BCUT2D eigenvalue weighted by Crippen LogP contribution is -2.30. The summed E-state index contributed by atoms with van der Waals surface area (Å²) in [5.41, 5.74) is 2.25. The molecule has 0 bridgehead atoms. The molecule has 1 atom stereocenters. The average Bonchev–Trinajstić information content (AvgIpc) is 3.57. The summed E-state index contributed by atoms with van der Waals surface area (Å²) in [6.45, 7) is 2.36. The fraction of sp³-hybridized carbons (Fsp3) is 0.448. The van der Waals surface area contributed by atoms with Gasteiger partial charge >= 0.3 is 5.97 Å². The molecule has 1 saturated carbocycles. The summed E-state index contributed by atoms with van der Waals surface area (Å²) in [5.74, 6) is 6.06. The van der Waals surface area contributed by atoms with Gasteiger partial charge in [0.15, 0.2) is 11.5 Å². The molecule has 0 spiro atoms. The van der Waals surface area contributed by atoms with Crippen molar-refractivity contribution in [2.45, 2.75) is 57.0 Å². The Balaban J connectivity index is 1.45. The first-order chi connectivity index (χ1) is 17.5. The minimum Gasteiger partial charge on any atom is -0.493 e. The van der Waals surface area contributed by atoms with Gasteiger partial charge in [0.05, 0.1) is 32.1 Å². The van der Waals surface area contributed by atoms with Crippen molar-refractivity contribution in [2.75, 3.05) is 32.1 Å². The zero-order chi connectivity index (χ0) is 25.3. The molecule has 1 unspecified atom stereocenters. The Kier molecular flexibility index (Phi) is 8.85. The van der Waals surface area contributed by atoms with Gasteiger partial charge in [-0.25, -0.2) is 0 Å². The fourth-order valence-electron chi connectivity index (χ4n) is 4.77. The number of ether oxygens (including phenoxy) is 2. The molecule has 2 aromatic carbocycles. The van der Waals surface area contributed by atoms with E-state index < -0.39 is 11.9 Å². The number of carboxylic acid groups (broad SMARTS) is 1. The number of carbonyl (C=O) groups excluding carboxylic acids is 1. The number of likely N-dealkylation sites (tertiary alicyclic amines) is 1. The molecule has 36 heavy (non-hydrogen) atoms. The minimum absolute atomic E-state index is 0.0209. The molecule has 1 saturated heterocycles. The number of hydrogen-bond donors (Lipinski definition) is 2. The SMILES string of the molecule is COc1ccc(C(C#Cc2ccc(NC(=O)CN3CCCC3)cc2)CC(=O)O)cc1OC1CCCC1. The van der Waals surface area contributed by atoms with E-state index in [1.165, 1.54) is 0 Å². The maximum atomic E-state index is 12.3. The third-order valence-electron chi connectivity index (χ3n) is 6.69. The van der Waals surface area contributed by atoms with Crippen LogP contribution in [0.15, 0.2) is 42.5 Å². The lowest BCUT2D eigenvalue weighted by atomic mass is 9.95. The van der Waals surface area contributed by atoms with E-state index in [0.29, 0.717) is 18.0 Å². The van der Waals surface area contributed by atoms with Gasteiger partial charge in [0.1, 0.15) is 0 Å². The van der Waals surface area contributed by atoms with Gasteiger partial charge in [0, 0.05) is 11.3 Å². The molecular formula is C29H34N2O5. The number of benzene rings is 2. The van der Waals surface area contributed by atoms with E-state index in [1.54, 1.807) is 7.11 Å². The standard InChI is InChI=1S/C29H34N2O5/c1-35-26-15-12-22(18-27(26)36-25-6-2-3-7-25)23(19-29(33)34)11-8-21-9-13-24(14-10-21)30-28(32)20-31-16-4-5-17-31/h9-10,12-15,18,23,25H,2-7,16-17,19-20H2,1H3,(H,30,32)(H,33,34). The lowest BCUT2D eigenvalue weighted by Gasteiger charge is -2.18. The van der Waals surface area contributed by atoms with Crippen LogP contribution in [0.1, 0.15) is 62.0 Å². The van der Waals surface area contributed by atoms with Crippen LogP contribution in [0.5, 0.6) is 11.5 Å². The van der Waals surface area contributed by atoms with Crippen molar-refractivity contribution in [3.8, 4) is 23.3 Å². The van der Waals surface area contributed by atoms with Crippen LogP contribution in [-0.4, -0.2) is 54.7 Å². The van der Waals surface area contributed by atoms with Crippen molar-refractivity contribution in [3.05, 3.63) is 53.6 Å². The Bertz CT molecular complexity index is 1110. The van der Waals surface area contributed by atoms with Crippen molar-refractivity contribution in [3.63, 3.8) is 0 Å². The number of carbonyl (C=O) groups is 2. The third-order valence-corrected chi connectivity index (χ3v) is 6.69. The number of aliphatic carboxylic acids is 1. The topological polar surface area (TPSA) is 88.1 Å². The van der Waals surface area contributed by atoms with Crippen molar-refractivity contribution in [1.29, 1.82) is 0 Å². The summed E-state index contributed by atoms with van der Waals surface area (Å²) in [4.78, 5) is 26.0. The van der Waals surface area contributed by atoms with Gasteiger partial charge in [-0.05, 0) is 93.6 Å². The second-order valence-electron chi connectivity index (χ2n) is 9.46. The molecule has 0 radical (unpaired) electrons. The summed E-state index contributed by atoms with van der Waals surface area (Å²) in [6, 6.07) is 12.8. The number of rotatable bonds is 9. The monoisotopic (exact) mass is 490 g/mol. The first-order valence-electron chi connectivity index (χ1n) is 12.7. The second kappa shape index (κ2) is 12.5. The highest BCUT2D eigenvalue weighted by atomic mass is 16.5. The van der Waals surface area contributed by atoms with Gasteiger partial charge in [0.2, 0.25) is 5.91 Å². The highest BCUT2D eigenvalue weighted by molar-refractivity contribution is 5.92. The molecule has 1 aliphatic heterocycles. The summed E-state index contributed by atoms with van der Waals surface area (Å²) >= 11 is 0. The predicted molar refractivity (Wildman–Crippen MR) is 138 cm³/mol. The van der Waals surface area contributed by atoms with Crippen LogP contribution in [0.2, 0.25) is 0 Å². The normalized spacial score (nSPS) is 16.7. The van der Waals surface area contributed by atoms with Gasteiger partial charge in [-0.1, -0.05) is 17.9 Å². The molecule has 2 N–H and O–H groups in total. The Hall–Kier alpha value is -3.50. The third kappa shape index (κ3) is 7.25. The van der Waals surface area contributed by atoms with E-state index in [1.807, 2.05) is 42.5 Å². The molecule has 0 aromatic heterocycles. The van der Waals surface area contributed by atoms with Crippen molar-refractivity contribution in [1.82, 2.24) is 4.90 Å². The van der Waals surface area contributed by atoms with Gasteiger partial charge in [-0.2, -0.15) is 0 Å². The molecule has 1 aliphatic carbocycles. The lowest BCUT2D eigenvalue weighted by molar-refractivity contribution is -0.137. The zero-order valence-electron chi connectivity index (χ0n) is 20.8. The molecular weight excluding hydrogens is 456 g/mol. The van der Waals surface area contributed by atoms with Crippen LogP contribution < -0.4 is 14.8 Å². The molecule has 7 nitrogen and oxygen atoms in total. The summed E-state index contributed by atoms with van der Waals surface area (Å²) in [5, 5.41) is 12.4. The zero-order valence-corrected chi connectivity index (χ0v) is 20.8. The van der Waals surface area contributed by atoms with E-state index >= 15 is 0 Å². The molecule has 2 aliphatic rings. The first kappa shape index (κ1) is 25.6. The van der Waals surface area contributed by atoms with Crippen LogP contribution in [0.25, 0.3) is 0 Å². The Morgan fingerprint density at radius 3 is 2.44 bits per heavy atom. The van der Waals surface area contributed by atoms with E-state index in [2.05, 4.69) is 22.1 Å². The van der Waals surface area contributed by atoms with E-state index in [9.17, 15) is 14.7 Å². The van der Waals surface area contributed by atoms with Crippen molar-refractivity contribution >= 4 is 17.6 Å². The highest BCUT2D eigenvalue weighted by Crippen LogP contribution is 2.35. The van der Waals surface area contributed by atoms with Crippen LogP contribution >= 0.6 is 0 Å². The minimum atomic E-state index is -0.917. The predicted octanol–water partition coefficient (Wildman–Crippen LogP) is 4.66. The van der Waals surface area contributed by atoms with E-state index in [4.69, 9.17) is 9.47 Å². The molecule has 1 amide bonds. The van der Waals surface area contributed by atoms with Crippen LogP contribution in [0.3, 0.4) is 0 Å². The van der Waals surface area contributed by atoms with Gasteiger partial charge in [-0.3, -0.25) is 14.5 Å². The first-order valence-corrected chi connectivity index (χ1v) is 12.7. The summed E-state index contributed by atoms with van der Waals surface area (Å²) < 4.78 is 11.7. The fourth-order valence-corrected chi connectivity index (χ4v) is 4.77. The highest BCUT2D eigenvalue weighted by Gasteiger charge is 2.21. The van der Waals surface area contributed by atoms with E-state index in [-0.39, 0.29) is 18.4 Å². The molecule has 7 heteroatoms. The number of methoxy groups -OCH3 is 1. The number of nitrogens with one attached hydrogen (secondary N) is 1. The van der Waals surface area contributed by atoms with Crippen LogP contribution in [-0.2, 0) is 9.59 Å². The molecule has 1 heterocycles. The molecule has 4 rings (SSSR count). The van der Waals surface area contributed by atoms with Gasteiger partial charge in [0.25, 0.3) is 0 Å². The number of carboxylic acids is 1. The summed E-state index contributed by atoms with van der Waals surface area (Å²) in [6.07, 6.45) is 6.67. The molecule has 190 valence electrons. The van der Waals surface area contributed by atoms with Crippen molar-refractivity contribution < 1.29 is 24.2 Å². The number of amides is 1. The van der Waals surface area contributed by atoms with Gasteiger partial charge in [-0.15, -0.1) is 0 Å². The summed E-state index contributed by atoms with van der Waals surface area (Å²) in [7, 11) is 1.60. The molecule has 2 aromatic rings. The van der Waals surface area contributed by atoms with Crippen molar-refractivity contribution in [2.24, 2.45) is 0 Å². The van der Waals surface area contributed by atoms with Crippen LogP contribution in [0, 0.1) is 11.8 Å². The van der Waals surface area contributed by atoms with Crippen LogP contribution in [0.4, 0.5) is 5.69 Å². The average molecular weight is 491 g/mol. The quantitative estimate of drug-likeness (QED) is 0.497. The molecule has 2 fully saturated rings. The number of anilines is 1. The second-order valence-corrected chi connectivity index (χ2v) is 9.46. The Labute approximate surface area is 212 Å². The maximum Gasteiger partial charge on any atom is 0.304 e. The van der Waals surface area contributed by atoms with Gasteiger partial charge < -0.3 is 19.9 Å². The Morgan fingerprint density at radius 2 is 1.78 bits per heavy atom. The maximum absolute atomic E-state index is 12.3. The smallest absolute Gasteiger partial charge is 0.304 e. The Morgan fingerprint density at radius 1 is 1.06 bits per heavy atom. The number of nitrogens with zero attached hydrogens (tertiary/aromatic N) is 1. The van der Waals surface area contributed by atoms with E-state index in [0.717, 1.165) is 68.4 Å².